The largest absolute Gasteiger partial charge is 0.310 e. The summed E-state index contributed by atoms with van der Waals surface area (Å²) >= 11 is 0. The number of hydrogen-bond donors (Lipinski definition) is 0. The maximum atomic E-state index is 2.43. The maximum absolute atomic E-state index is 2.43. The molecule has 0 heterocycles. The standard InChI is InChI=1S/C50H35N/c1-34-32-38(36-16-6-3-7-17-36)26-31-49(34)51(39-27-24-37(25-28-39)35-14-4-2-5-15-35)40-29-30-48-44(33-40)43-20-10-13-23-47(43)50(48)45-21-11-8-18-41(45)42-19-9-12-22-46(42)50/h2-33H,1H3. The average molecular weight is 650 g/mol. The van der Waals surface area contributed by atoms with E-state index in [1.807, 2.05) is 0 Å². The minimum absolute atomic E-state index is 0.354. The van der Waals surface area contributed by atoms with Crippen LogP contribution >= 0.6 is 0 Å². The Morgan fingerprint density at radius 2 is 0.765 bits per heavy atom. The zero-order valence-electron chi connectivity index (χ0n) is 28.4. The van der Waals surface area contributed by atoms with E-state index in [4.69, 9.17) is 0 Å². The van der Waals surface area contributed by atoms with E-state index in [2.05, 4.69) is 206 Å². The molecule has 0 unspecified atom stereocenters. The highest BCUT2D eigenvalue weighted by Gasteiger charge is 2.51. The number of nitrogens with zero attached hydrogens (tertiary/aromatic N) is 1. The van der Waals surface area contributed by atoms with Crippen LogP contribution < -0.4 is 4.90 Å². The first-order valence-corrected chi connectivity index (χ1v) is 17.8. The Bertz CT molecular complexity index is 2540. The first kappa shape index (κ1) is 29.5. The molecule has 0 radical (unpaired) electrons. The van der Waals surface area contributed by atoms with Crippen LogP contribution in [-0.4, -0.2) is 0 Å². The van der Waals surface area contributed by atoms with E-state index in [1.54, 1.807) is 0 Å². The van der Waals surface area contributed by atoms with Crippen LogP contribution in [0, 0.1) is 6.92 Å². The molecular formula is C50H35N. The van der Waals surface area contributed by atoms with E-state index < -0.39 is 0 Å². The van der Waals surface area contributed by atoms with Gasteiger partial charge in [0.25, 0.3) is 0 Å². The second kappa shape index (κ2) is 11.6. The molecule has 2 aliphatic carbocycles. The van der Waals surface area contributed by atoms with Crippen molar-refractivity contribution in [1.29, 1.82) is 0 Å². The molecule has 0 amide bonds. The van der Waals surface area contributed by atoms with Gasteiger partial charge < -0.3 is 4.90 Å². The van der Waals surface area contributed by atoms with Gasteiger partial charge in [0.05, 0.1) is 5.41 Å². The minimum Gasteiger partial charge on any atom is -0.310 e. The molecule has 2 aliphatic rings. The van der Waals surface area contributed by atoms with Gasteiger partial charge in [-0.3, -0.25) is 0 Å². The van der Waals surface area contributed by atoms with Crippen LogP contribution in [0.3, 0.4) is 0 Å². The maximum Gasteiger partial charge on any atom is 0.0725 e. The summed E-state index contributed by atoms with van der Waals surface area (Å²) in [6.07, 6.45) is 0. The Balaban J connectivity index is 1.18. The smallest absolute Gasteiger partial charge is 0.0725 e. The Labute approximate surface area is 299 Å². The number of rotatable bonds is 5. The molecular weight excluding hydrogens is 615 g/mol. The van der Waals surface area contributed by atoms with Crippen molar-refractivity contribution in [2.75, 3.05) is 4.90 Å². The number of fused-ring (bicyclic) bond motifs is 10. The third-order valence-electron chi connectivity index (χ3n) is 11.0. The van der Waals surface area contributed by atoms with Crippen molar-refractivity contribution in [2.45, 2.75) is 12.3 Å². The summed E-state index contributed by atoms with van der Waals surface area (Å²) in [5.41, 5.74) is 19.9. The molecule has 0 bridgehead atoms. The molecule has 10 rings (SSSR count). The molecule has 1 spiro atoms. The van der Waals surface area contributed by atoms with Crippen LogP contribution in [0.15, 0.2) is 194 Å². The zero-order chi connectivity index (χ0) is 33.9. The summed E-state index contributed by atoms with van der Waals surface area (Å²) in [5.74, 6) is 0. The van der Waals surface area contributed by atoms with E-state index >= 15 is 0 Å². The highest BCUT2D eigenvalue weighted by Crippen LogP contribution is 2.63. The molecule has 1 heteroatoms. The fourth-order valence-electron chi connectivity index (χ4n) is 8.80. The van der Waals surface area contributed by atoms with Gasteiger partial charge in [0.1, 0.15) is 0 Å². The van der Waals surface area contributed by atoms with Crippen molar-refractivity contribution >= 4 is 17.1 Å². The van der Waals surface area contributed by atoms with Gasteiger partial charge in [0.2, 0.25) is 0 Å². The Morgan fingerprint density at radius 3 is 1.33 bits per heavy atom. The SMILES string of the molecule is Cc1cc(-c2ccccc2)ccc1N(c1ccc(-c2ccccc2)cc1)c1ccc2c(c1)-c1ccccc1C21c2ccccc2-c2ccccc21. The molecule has 8 aromatic carbocycles. The first-order chi connectivity index (χ1) is 25.2. The van der Waals surface area contributed by atoms with E-state index in [0.29, 0.717) is 0 Å². The molecule has 1 nitrogen and oxygen atoms in total. The second-order valence-electron chi connectivity index (χ2n) is 13.7. The third kappa shape index (κ3) is 4.41. The molecule has 0 N–H and O–H groups in total. The van der Waals surface area contributed by atoms with Gasteiger partial charge in [0.15, 0.2) is 0 Å². The normalized spacial score (nSPS) is 13.0. The Hall–Kier alpha value is -6.44. The monoisotopic (exact) mass is 649 g/mol. The quantitative estimate of drug-likeness (QED) is 0.179. The average Bonchev–Trinajstić information content (AvgIpc) is 3.67. The lowest BCUT2D eigenvalue weighted by Gasteiger charge is -2.31. The minimum atomic E-state index is -0.354. The van der Waals surface area contributed by atoms with E-state index in [9.17, 15) is 0 Å². The van der Waals surface area contributed by atoms with Crippen LogP contribution in [0.1, 0.15) is 27.8 Å². The van der Waals surface area contributed by atoms with E-state index in [0.717, 1.165) is 11.4 Å². The van der Waals surface area contributed by atoms with Crippen molar-refractivity contribution in [3.8, 4) is 44.5 Å². The van der Waals surface area contributed by atoms with Gasteiger partial charge in [-0.05, 0) is 116 Å². The van der Waals surface area contributed by atoms with Gasteiger partial charge in [-0.25, -0.2) is 0 Å². The fourth-order valence-corrected chi connectivity index (χ4v) is 8.80. The summed E-state index contributed by atoms with van der Waals surface area (Å²) in [5, 5.41) is 0. The van der Waals surface area contributed by atoms with Crippen LogP contribution in [0.2, 0.25) is 0 Å². The summed E-state index contributed by atoms with van der Waals surface area (Å²) in [4.78, 5) is 2.43. The molecule has 51 heavy (non-hydrogen) atoms. The number of aryl methyl sites for hydroxylation is 1. The Kier molecular flexibility index (Phi) is 6.69. The fraction of sp³-hybridized carbons (Fsp3) is 0.0400. The van der Waals surface area contributed by atoms with Gasteiger partial charge in [0, 0.05) is 17.1 Å². The number of hydrogen-bond acceptors (Lipinski definition) is 1. The molecule has 0 fully saturated rings. The lowest BCUT2D eigenvalue weighted by atomic mass is 9.70. The molecule has 240 valence electrons. The Morgan fingerprint density at radius 1 is 0.333 bits per heavy atom. The third-order valence-corrected chi connectivity index (χ3v) is 11.0. The summed E-state index contributed by atoms with van der Waals surface area (Å²) in [7, 11) is 0. The first-order valence-electron chi connectivity index (χ1n) is 17.8. The van der Waals surface area contributed by atoms with Gasteiger partial charge in [-0.15, -0.1) is 0 Å². The van der Waals surface area contributed by atoms with Crippen LogP contribution in [0.25, 0.3) is 44.5 Å². The number of benzene rings is 8. The highest BCUT2D eigenvalue weighted by atomic mass is 15.1. The number of anilines is 3. The molecule has 0 atom stereocenters. The van der Waals surface area contributed by atoms with Crippen LogP contribution in [0.5, 0.6) is 0 Å². The molecule has 0 aromatic heterocycles. The zero-order valence-corrected chi connectivity index (χ0v) is 28.4. The molecule has 8 aromatic rings. The van der Waals surface area contributed by atoms with Crippen molar-refractivity contribution < 1.29 is 0 Å². The summed E-state index contributed by atoms with van der Waals surface area (Å²) in [6, 6.07) is 71.4. The summed E-state index contributed by atoms with van der Waals surface area (Å²) < 4.78 is 0. The lowest BCUT2D eigenvalue weighted by Crippen LogP contribution is -2.25. The van der Waals surface area contributed by atoms with Crippen LogP contribution in [-0.2, 0) is 5.41 Å². The molecule has 0 saturated carbocycles. The predicted molar refractivity (Wildman–Crippen MR) is 213 cm³/mol. The van der Waals surface area contributed by atoms with Gasteiger partial charge in [-0.2, -0.15) is 0 Å². The molecule has 0 saturated heterocycles. The van der Waals surface area contributed by atoms with Gasteiger partial charge >= 0.3 is 0 Å². The van der Waals surface area contributed by atoms with E-state index in [-0.39, 0.29) is 5.41 Å². The van der Waals surface area contributed by atoms with E-state index in [1.165, 1.54) is 78.0 Å². The van der Waals surface area contributed by atoms with Crippen LogP contribution in [0.4, 0.5) is 17.1 Å². The topological polar surface area (TPSA) is 3.24 Å². The molecule has 0 aliphatic heterocycles. The van der Waals surface area contributed by atoms with Gasteiger partial charge in [-0.1, -0.05) is 158 Å². The predicted octanol–water partition coefficient (Wildman–Crippen LogP) is 13.1. The van der Waals surface area contributed by atoms with Crippen molar-refractivity contribution in [3.63, 3.8) is 0 Å². The summed E-state index contributed by atoms with van der Waals surface area (Å²) in [6.45, 7) is 2.23. The second-order valence-corrected chi connectivity index (χ2v) is 13.7. The van der Waals surface area contributed by atoms with Crippen molar-refractivity contribution in [2.24, 2.45) is 0 Å². The highest BCUT2D eigenvalue weighted by molar-refractivity contribution is 5.96. The van der Waals surface area contributed by atoms with Crippen molar-refractivity contribution in [3.05, 3.63) is 222 Å². The lowest BCUT2D eigenvalue weighted by molar-refractivity contribution is 0.794. The van der Waals surface area contributed by atoms with Crippen molar-refractivity contribution in [1.82, 2.24) is 0 Å².